The van der Waals surface area contributed by atoms with Crippen molar-refractivity contribution in [2.75, 3.05) is 18.9 Å². The maximum absolute atomic E-state index is 10.1. The van der Waals surface area contributed by atoms with E-state index in [1.54, 1.807) is 13.8 Å². The maximum atomic E-state index is 10.1. The topological polar surface area (TPSA) is 337 Å². The Kier molecular flexibility index (Phi) is 32.7. The van der Waals surface area contributed by atoms with Gasteiger partial charge in [-0.15, -0.1) is 0 Å². The van der Waals surface area contributed by atoms with Crippen LogP contribution in [0.2, 0.25) is 0 Å². The van der Waals surface area contributed by atoms with E-state index in [0.717, 1.165) is 0 Å². The number of carboxylic acid groups (broad SMARTS) is 5. The normalized spacial score (nSPS) is 12.8. The molecule has 16 nitrogen and oxygen atoms in total. The third-order valence-corrected chi connectivity index (χ3v) is 3.64. The highest BCUT2D eigenvalue weighted by Crippen LogP contribution is 2.01. The minimum atomic E-state index is -1.18. The van der Waals surface area contributed by atoms with E-state index in [4.69, 9.17) is 53.6 Å². The molecule has 0 aliphatic heterocycles. The molecule has 0 saturated carbocycles. The van der Waals surface area contributed by atoms with Gasteiger partial charge in [0, 0.05) is 5.75 Å². The third-order valence-electron chi connectivity index (χ3n) is 3.25. The summed E-state index contributed by atoms with van der Waals surface area (Å²) in [6.07, 6.45) is 0.551. The molecular weight excluding hydrogens is 506 g/mol. The molecule has 0 spiro atoms. The predicted molar refractivity (Wildman–Crippen MR) is 134 cm³/mol. The average Bonchev–Trinajstić information content (AvgIpc) is 2.77. The summed E-state index contributed by atoms with van der Waals surface area (Å²) < 4.78 is 0. The lowest BCUT2D eigenvalue weighted by molar-refractivity contribution is -0.140. The summed E-state index contributed by atoms with van der Waals surface area (Å²) in [6.45, 7) is 6.67. The van der Waals surface area contributed by atoms with Crippen LogP contribution in [0.3, 0.4) is 0 Å². The van der Waals surface area contributed by atoms with Crippen LogP contribution < -0.4 is 28.7 Å². The number of nitrogens with two attached hydrogens (primary N) is 5. The van der Waals surface area contributed by atoms with Crippen LogP contribution >= 0.6 is 12.6 Å². The molecule has 4 atom stereocenters. The Labute approximate surface area is 215 Å². The van der Waals surface area contributed by atoms with Gasteiger partial charge in [0.2, 0.25) is 0 Å². The van der Waals surface area contributed by atoms with E-state index in [9.17, 15) is 24.0 Å². The Morgan fingerprint density at radius 2 is 1.03 bits per heavy atom. The van der Waals surface area contributed by atoms with E-state index in [1.807, 2.05) is 13.8 Å². The monoisotopic (exact) mass is 549 g/mol. The van der Waals surface area contributed by atoms with Gasteiger partial charge in [0.15, 0.2) is 0 Å². The Hall–Kier alpha value is -2.54. The van der Waals surface area contributed by atoms with Crippen molar-refractivity contribution in [2.24, 2.45) is 40.5 Å². The molecule has 0 aliphatic carbocycles. The van der Waals surface area contributed by atoms with Crippen LogP contribution in [0.5, 0.6) is 0 Å². The maximum Gasteiger partial charge on any atom is 0.322 e. The second kappa shape index (κ2) is 27.1. The van der Waals surface area contributed by atoms with Crippen LogP contribution in [0.15, 0.2) is 0 Å². The molecule has 0 heterocycles. The lowest BCUT2D eigenvalue weighted by Gasteiger charge is -2.07. The molecule has 0 bridgehead atoms. The van der Waals surface area contributed by atoms with Crippen molar-refractivity contribution in [1.82, 2.24) is 0 Å². The summed E-state index contributed by atoms with van der Waals surface area (Å²) in [7, 11) is 0. The molecule has 0 aliphatic rings. The number of aliphatic carboxylic acids is 5. The Morgan fingerprint density at radius 3 is 1.06 bits per heavy atom. The van der Waals surface area contributed by atoms with Crippen molar-refractivity contribution in [3.8, 4) is 0 Å². The number of carboxylic acids is 5. The van der Waals surface area contributed by atoms with Crippen LogP contribution in [0.4, 0.5) is 0 Å². The average molecular weight is 550 g/mol. The smallest absolute Gasteiger partial charge is 0.322 e. The molecule has 0 fully saturated rings. The van der Waals surface area contributed by atoms with Crippen LogP contribution in [-0.2, 0) is 24.0 Å². The highest BCUT2D eigenvalue weighted by Gasteiger charge is 2.14. The number of hydrogen-bond acceptors (Lipinski definition) is 12. The van der Waals surface area contributed by atoms with Crippen molar-refractivity contribution < 1.29 is 54.6 Å². The van der Waals surface area contributed by atoms with Gasteiger partial charge in [0.25, 0.3) is 0 Å². The van der Waals surface area contributed by atoms with E-state index >= 15 is 0 Å². The fourth-order valence-corrected chi connectivity index (χ4v) is 1.21. The number of aliphatic hydroxyl groups excluding tert-OH is 1. The largest absolute Gasteiger partial charge is 0.480 e. The first-order valence-electron chi connectivity index (χ1n) is 10.3. The minimum absolute atomic E-state index is 0.0208. The van der Waals surface area contributed by atoms with Gasteiger partial charge in [-0.05, 0) is 18.3 Å². The molecule has 0 aromatic rings. The van der Waals surface area contributed by atoms with Gasteiger partial charge >= 0.3 is 29.8 Å². The molecule has 216 valence electrons. The SMILES string of the molecule is CC(C)C[C@H](N)C(=O)O.CC(C)[C@H](N)C(=O)O.NCC(=O)O.N[C@@H](CO)C(=O)O.N[C@@H](CS)C(=O)O. The standard InChI is InChI=1S/C6H13NO2.C5H11NO2.C3H7NO3.C3H7NO2S.C2H5NO2/c1-4(2)3-5(7)6(8)9;1-3(2)4(6)5(7)8;4-2(1-5)3(6)7;4-2(1-7)3(5)6;3-1-2(4)5/h4-5H,3,7H2,1-2H3,(H,8,9);3-4H,6H2,1-2H3,(H,7,8);2,5H,1,4H2,(H,6,7);2,7H,1,4H2,(H,5,6);1,3H2,(H,4,5)/t5-;4-;2*2-;/m0000./s1. The molecular formula is C19H43N5O11S. The molecule has 0 aromatic carbocycles. The van der Waals surface area contributed by atoms with Gasteiger partial charge in [0.1, 0.15) is 24.2 Å². The summed E-state index contributed by atoms with van der Waals surface area (Å²) in [5.41, 5.74) is 24.7. The van der Waals surface area contributed by atoms with E-state index in [-0.39, 0.29) is 18.2 Å². The van der Waals surface area contributed by atoms with E-state index in [1.165, 1.54) is 0 Å². The zero-order chi connectivity index (χ0) is 30.2. The van der Waals surface area contributed by atoms with E-state index in [2.05, 4.69) is 18.4 Å². The highest BCUT2D eigenvalue weighted by atomic mass is 32.1. The van der Waals surface area contributed by atoms with Crippen LogP contribution in [0.25, 0.3) is 0 Å². The first-order valence-corrected chi connectivity index (χ1v) is 10.9. The summed E-state index contributed by atoms with van der Waals surface area (Å²) in [5, 5.41) is 48.0. The molecule has 0 radical (unpaired) electrons. The van der Waals surface area contributed by atoms with E-state index < -0.39 is 60.6 Å². The second-order valence-electron chi connectivity index (χ2n) is 7.53. The molecule has 0 amide bonds. The molecule has 0 unspecified atom stereocenters. The third kappa shape index (κ3) is 38.7. The van der Waals surface area contributed by atoms with Gasteiger partial charge < -0.3 is 59.3 Å². The van der Waals surface area contributed by atoms with Gasteiger partial charge in [-0.3, -0.25) is 24.0 Å². The second-order valence-corrected chi connectivity index (χ2v) is 7.90. The summed E-state index contributed by atoms with van der Waals surface area (Å²) in [6, 6.07) is -3.34. The summed E-state index contributed by atoms with van der Waals surface area (Å²) in [4.78, 5) is 48.8. The first kappa shape index (κ1) is 43.5. The Balaban J connectivity index is -0.000000113. The molecule has 0 saturated heterocycles. The zero-order valence-corrected chi connectivity index (χ0v) is 21.7. The fraction of sp³-hybridized carbons (Fsp3) is 0.737. The quantitative estimate of drug-likeness (QED) is 0.123. The van der Waals surface area contributed by atoms with Crippen molar-refractivity contribution in [3.63, 3.8) is 0 Å². The Morgan fingerprint density at radius 1 is 0.694 bits per heavy atom. The van der Waals surface area contributed by atoms with Gasteiger partial charge in [-0.2, -0.15) is 12.6 Å². The highest BCUT2D eigenvalue weighted by molar-refractivity contribution is 7.80. The van der Waals surface area contributed by atoms with Gasteiger partial charge in [-0.25, -0.2) is 0 Å². The van der Waals surface area contributed by atoms with Crippen molar-refractivity contribution in [1.29, 1.82) is 0 Å². The van der Waals surface area contributed by atoms with E-state index in [0.29, 0.717) is 12.3 Å². The lowest BCUT2D eigenvalue weighted by atomic mass is 10.1. The zero-order valence-electron chi connectivity index (χ0n) is 20.9. The number of hydrogen-bond donors (Lipinski definition) is 12. The molecule has 0 aromatic heterocycles. The van der Waals surface area contributed by atoms with Gasteiger partial charge in [-0.1, -0.05) is 27.7 Å². The lowest BCUT2D eigenvalue weighted by Crippen LogP contribution is -2.34. The number of thiol groups is 1. The van der Waals surface area contributed by atoms with Crippen LogP contribution in [-0.4, -0.2) is 104 Å². The summed E-state index contributed by atoms with van der Waals surface area (Å²) >= 11 is 3.65. The van der Waals surface area contributed by atoms with Gasteiger partial charge in [0.05, 0.1) is 13.2 Å². The van der Waals surface area contributed by atoms with Crippen molar-refractivity contribution in [3.05, 3.63) is 0 Å². The molecule has 17 heteroatoms. The summed E-state index contributed by atoms with van der Waals surface area (Å²) in [5.74, 6) is -4.43. The molecule has 36 heavy (non-hydrogen) atoms. The van der Waals surface area contributed by atoms with Crippen LogP contribution in [0, 0.1) is 11.8 Å². The molecule has 16 N–H and O–H groups in total. The van der Waals surface area contributed by atoms with Crippen LogP contribution in [0.1, 0.15) is 34.1 Å². The van der Waals surface area contributed by atoms with Crippen molar-refractivity contribution in [2.45, 2.75) is 58.3 Å². The first-order chi connectivity index (χ1) is 16.2. The predicted octanol–water partition coefficient (Wildman–Crippen LogP) is -2.75. The number of carbonyl (C=O) groups is 5. The van der Waals surface area contributed by atoms with Crippen molar-refractivity contribution >= 4 is 42.5 Å². The fourth-order valence-electron chi connectivity index (χ4n) is 1.05. The number of aliphatic hydroxyl groups is 1. The number of rotatable bonds is 10. The Bertz CT molecular complexity index is 605. The minimum Gasteiger partial charge on any atom is -0.480 e. The molecule has 0 rings (SSSR count).